The second kappa shape index (κ2) is 4.66. The molecule has 0 spiro atoms. The summed E-state index contributed by atoms with van der Waals surface area (Å²) in [5, 5.41) is 0.585. The van der Waals surface area contributed by atoms with E-state index in [9.17, 15) is 22.8 Å². The van der Waals surface area contributed by atoms with Crippen LogP contribution in [0.4, 0.5) is 13.2 Å². The highest BCUT2D eigenvalue weighted by atomic mass is 19.4. The second-order valence-electron chi connectivity index (χ2n) is 3.01. The van der Waals surface area contributed by atoms with Crippen LogP contribution in [-0.2, 0) is 19.2 Å². The molecule has 1 unspecified atom stereocenters. The van der Waals surface area contributed by atoms with E-state index in [-0.39, 0.29) is 19.8 Å². The minimum atomic E-state index is -5.11. The lowest BCUT2D eigenvalue weighted by Gasteiger charge is -2.31. The quantitative estimate of drug-likeness (QED) is 0.685. The van der Waals surface area contributed by atoms with Crippen molar-refractivity contribution in [2.75, 3.05) is 19.8 Å². The molecule has 2 N–H and O–H groups in total. The fraction of sp³-hybridized carbons (Fsp3) is 0.714. The van der Waals surface area contributed by atoms with Gasteiger partial charge in [0.15, 0.2) is 0 Å². The van der Waals surface area contributed by atoms with Gasteiger partial charge < -0.3 is 15.3 Å². The SMILES string of the molecule is NC(=O)C1COCCN1OC(=O)C(F)(F)F. The number of amides is 1. The Balaban J connectivity index is 2.63. The van der Waals surface area contributed by atoms with E-state index in [1.54, 1.807) is 0 Å². The maximum atomic E-state index is 11.9. The van der Waals surface area contributed by atoms with Crippen LogP contribution < -0.4 is 5.73 Å². The molecule has 0 saturated carbocycles. The van der Waals surface area contributed by atoms with Crippen LogP contribution in [-0.4, -0.2) is 48.9 Å². The molecule has 1 aliphatic rings. The molecule has 0 bridgehead atoms. The topological polar surface area (TPSA) is 81.9 Å². The fourth-order valence-corrected chi connectivity index (χ4v) is 1.08. The Kier molecular flexibility index (Phi) is 3.70. The highest BCUT2D eigenvalue weighted by molar-refractivity contribution is 5.80. The van der Waals surface area contributed by atoms with Crippen molar-refractivity contribution in [3.8, 4) is 0 Å². The zero-order valence-electron chi connectivity index (χ0n) is 7.99. The third-order valence-corrected chi connectivity index (χ3v) is 1.84. The van der Waals surface area contributed by atoms with Gasteiger partial charge in [0.2, 0.25) is 5.91 Å². The zero-order chi connectivity index (χ0) is 12.3. The molecule has 16 heavy (non-hydrogen) atoms. The maximum absolute atomic E-state index is 11.9. The van der Waals surface area contributed by atoms with Gasteiger partial charge in [-0.2, -0.15) is 13.2 Å². The first-order chi connectivity index (χ1) is 7.32. The van der Waals surface area contributed by atoms with Crippen LogP contribution in [0.3, 0.4) is 0 Å². The molecule has 1 amide bonds. The molecule has 0 aliphatic carbocycles. The van der Waals surface area contributed by atoms with E-state index in [0.29, 0.717) is 5.06 Å². The van der Waals surface area contributed by atoms with Gasteiger partial charge in [-0.25, -0.2) is 4.79 Å². The number of rotatable bonds is 2. The van der Waals surface area contributed by atoms with Crippen molar-refractivity contribution in [2.24, 2.45) is 5.73 Å². The van der Waals surface area contributed by atoms with E-state index in [4.69, 9.17) is 10.5 Å². The molecule has 92 valence electrons. The van der Waals surface area contributed by atoms with Gasteiger partial charge in [0.1, 0.15) is 6.04 Å². The van der Waals surface area contributed by atoms with E-state index in [1.807, 2.05) is 0 Å². The molecule has 1 fully saturated rings. The summed E-state index contributed by atoms with van der Waals surface area (Å²) in [6.07, 6.45) is -5.11. The van der Waals surface area contributed by atoms with Gasteiger partial charge in [-0.1, -0.05) is 0 Å². The van der Waals surface area contributed by atoms with E-state index in [2.05, 4.69) is 4.84 Å². The largest absolute Gasteiger partial charge is 0.492 e. The van der Waals surface area contributed by atoms with Crippen LogP contribution in [0.1, 0.15) is 0 Å². The van der Waals surface area contributed by atoms with E-state index in [0.717, 1.165) is 0 Å². The molecule has 0 aromatic rings. The van der Waals surface area contributed by atoms with Crippen molar-refractivity contribution in [1.82, 2.24) is 5.06 Å². The van der Waals surface area contributed by atoms with Crippen LogP contribution in [0.15, 0.2) is 0 Å². The summed E-state index contributed by atoms with van der Waals surface area (Å²) in [4.78, 5) is 25.4. The van der Waals surface area contributed by atoms with Gasteiger partial charge in [0.05, 0.1) is 19.8 Å². The average Bonchev–Trinajstić information content (AvgIpc) is 2.16. The normalized spacial score (nSPS) is 22.8. The number of carbonyl (C=O) groups is 2. The van der Waals surface area contributed by atoms with Crippen LogP contribution in [0, 0.1) is 0 Å². The molecule has 0 aromatic heterocycles. The van der Waals surface area contributed by atoms with Crippen molar-refractivity contribution in [1.29, 1.82) is 0 Å². The highest BCUT2D eigenvalue weighted by Crippen LogP contribution is 2.19. The maximum Gasteiger partial charge on any atom is 0.492 e. The molecular weight excluding hydrogens is 233 g/mol. The highest BCUT2D eigenvalue weighted by Gasteiger charge is 2.44. The van der Waals surface area contributed by atoms with Gasteiger partial charge in [-0.15, -0.1) is 5.06 Å². The molecule has 1 heterocycles. The minimum absolute atomic E-state index is 0.0505. The van der Waals surface area contributed by atoms with Gasteiger partial charge in [0.25, 0.3) is 0 Å². The van der Waals surface area contributed by atoms with Crippen LogP contribution in [0.2, 0.25) is 0 Å². The van der Waals surface area contributed by atoms with Gasteiger partial charge >= 0.3 is 12.1 Å². The van der Waals surface area contributed by atoms with Crippen LogP contribution in [0.5, 0.6) is 0 Å². The predicted molar refractivity (Wildman–Crippen MR) is 42.7 cm³/mol. The Morgan fingerprint density at radius 1 is 1.44 bits per heavy atom. The lowest BCUT2D eigenvalue weighted by atomic mass is 10.2. The van der Waals surface area contributed by atoms with Gasteiger partial charge in [-0.05, 0) is 0 Å². The van der Waals surface area contributed by atoms with Crippen LogP contribution >= 0.6 is 0 Å². The third kappa shape index (κ3) is 3.07. The minimum Gasteiger partial charge on any atom is -0.378 e. The number of primary amides is 1. The smallest absolute Gasteiger partial charge is 0.378 e. The first kappa shape index (κ1) is 12.7. The van der Waals surface area contributed by atoms with E-state index >= 15 is 0 Å². The number of nitrogens with two attached hydrogens (primary N) is 1. The monoisotopic (exact) mass is 242 g/mol. The van der Waals surface area contributed by atoms with Crippen molar-refractivity contribution in [3.05, 3.63) is 0 Å². The molecule has 1 atom stereocenters. The Morgan fingerprint density at radius 3 is 2.56 bits per heavy atom. The Morgan fingerprint density at radius 2 is 2.06 bits per heavy atom. The number of hydrogen-bond acceptors (Lipinski definition) is 5. The summed E-state index contributed by atoms with van der Waals surface area (Å²) >= 11 is 0. The van der Waals surface area contributed by atoms with Gasteiger partial charge in [0, 0.05) is 0 Å². The number of carbonyl (C=O) groups excluding carboxylic acids is 2. The lowest BCUT2D eigenvalue weighted by molar-refractivity contribution is -0.256. The number of alkyl halides is 3. The third-order valence-electron chi connectivity index (χ3n) is 1.84. The summed E-state index contributed by atoms with van der Waals surface area (Å²) in [7, 11) is 0. The first-order valence-corrected chi connectivity index (χ1v) is 4.25. The average molecular weight is 242 g/mol. The van der Waals surface area contributed by atoms with E-state index in [1.165, 1.54) is 0 Å². The van der Waals surface area contributed by atoms with Crippen LogP contribution in [0.25, 0.3) is 0 Å². The summed E-state index contributed by atoms with van der Waals surface area (Å²) in [5.74, 6) is -3.31. The number of morpholine rings is 1. The number of ether oxygens (including phenoxy) is 1. The Labute approximate surface area is 88.0 Å². The summed E-state index contributed by atoms with van der Waals surface area (Å²) in [6.45, 7) is -0.301. The first-order valence-electron chi connectivity index (χ1n) is 4.25. The molecule has 1 rings (SSSR count). The summed E-state index contributed by atoms with van der Waals surface area (Å²) < 4.78 is 40.5. The zero-order valence-corrected chi connectivity index (χ0v) is 7.99. The van der Waals surface area contributed by atoms with Gasteiger partial charge in [-0.3, -0.25) is 4.79 Å². The summed E-state index contributed by atoms with van der Waals surface area (Å²) in [6, 6.07) is -1.19. The molecule has 0 aromatic carbocycles. The standard InChI is InChI=1S/C7H9F3N2O4/c8-7(9,10)6(14)16-12-1-2-15-3-4(12)5(11)13/h4H,1-3H2,(H2,11,13). The lowest BCUT2D eigenvalue weighted by Crippen LogP contribution is -2.53. The summed E-state index contributed by atoms with van der Waals surface area (Å²) in [5.41, 5.74) is 4.91. The number of hydroxylamine groups is 2. The predicted octanol–water partition coefficient (Wildman–Crippen LogP) is -0.807. The second-order valence-corrected chi connectivity index (χ2v) is 3.01. The van der Waals surface area contributed by atoms with Crippen molar-refractivity contribution >= 4 is 11.9 Å². The molecule has 0 radical (unpaired) electrons. The number of hydrogen-bond donors (Lipinski definition) is 1. The molecule has 1 aliphatic heterocycles. The molecule has 1 saturated heterocycles. The molecule has 9 heteroatoms. The number of halogens is 3. The Hall–Kier alpha value is -1.35. The van der Waals surface area contributed by atoms with Crippen molar-refractivity contribution in [2.45, 2.75) is 12.2 Å². The fourth-order valence-electron chi connectivity index (χ4n) is 1.08. The molecule has 6 nitrogen and oxygen atoms in total. The molecular formula is C7H9F3N2O4. The Bertz CT molecular complexity index is 294. The van der Waals surface area contributed by atoms with Crippen molar-refractivity contribution < 1.29 is 32.3 Å². The van der Waals surface area contributed by atoms with Crippen molar-refractivity contribution in [3.63, 3.8) is 0 Å². The number of nitrogens with zero attached hydrogens (tertiary/aromatic N) is 1. The van der Waals surface area contributed by atoms with E-state index < -0.39 is 24.1 Å².